The number of benzene rings is 2. The minimum atomic E-state index is -0.291. The Hall–Kier alpha value is -2.26. The van der Waals surface area contributed by atoms with Crippen LogP contribution in [0.5, 0.6) is 0 Å². The van der Waals surface area contributed by atoms with Crippen LogP contribution in [0.1, 0.15) is 5.56 Å². The number of aromatic nitrogens is 2. The second-order valence-electron chi connectivity index (χ2n) is 4.78. The van der Waals surface area contributed by atoms with Crippen LogP contribution >= 0.6 is 11.6 Å². The fraction of sp³-hybridized carbons (Fsp3) is 0.0588. The van der Waals surface area contributed by atoms with Crippen LogP contribution in [0.25, 0.3) is 22.6 Å². The molecule has 0 atom stereocenters. The monoisotopic (exact) mass is 298 g/mol. The number of hydrogen-bond donors (Lipinski definition) is 0. The molecule has 3 rings (SSSR count). The lowest BCUT2D eigenvalue weighted by Crippen LogP contribution is -1.94. The van der Waals surface area contributed by atoms with Crippen molar-refractivity contribution >= 4 is 11.6 Å². The normalized spacial score (nSPS) is 10.6. The second kappa shape index (κ2) is 5.62. The van der Waals surface area contributed by atoms with E-state index in [9.17, 15) is 4.39 Å². The van der Waals surface area contributed by atoms with Crippen molar-refractivity contribution < 1.29 is 4.39 Å². The van der Waals surface area contributed by atoms with E-state index >= 15 is 0 Å². The molecule has 1 heterocycles. The summed E-state index contributed by atoms with van der Waals surface area (Å²) in [4.78, 5) is 8.73. The van der Waals surface area contributed by atoms with Crippen molar-refractivity contribution in [3.05, 3.63) is 71.1 Å². The van der Waals surface area contributed by atoms with Crippen LogP contribution in [0.4, 0.5) is 4.39 Å². The molecule has 0 saturated carbocycles. The maximum Gasteiger partial charge on any atom is 0.161 e. The van der Waals surface area contributed by atoms with Crippen LogP contribution in [0.3, 0.4) is 0 Å². The predicted octanol–water partition coefficient (Wildman–Crippen LogP) is 4.91. The first-order valence-corrected chi connectivity index (χ1v) is 6.87. The van der Waals surface area contributed by atoms with Crippen molar-refractivity contribution in [2.75, 3.05) is 0 Å². The fourth-order valence-corrected chi connectivity index (χ4v) is 2.35. The van der Waals surface area contributed by atoms with E-state index in [0.29, 0.717) is 22.2 Å². The third-order valence-electron chi connectivity index (χ3n) is 3.06. The Morgan fingerprint density at radius 2 is 1.67 bits per heavy atom. The van der Waals surface area contributed by atoms with Crippen molar-refractivity contribution in [2.45, 2.75) is 6.92 Å². The summed E-state index contributed by atoms with van der Waals surface area (Å²) < 4.78 is 13.6. The molecule has 1 aromatic heterocycles. The van der Waals surface area contributed by atoms with Gasteiger partial charge in [-0.2, -0.15) is 0 Å². The van der Waals surface area contributed by atoms with Crippen molar-refractivity contribution in [3.8, 4) is 22.6 Å². The summed E-state index contributed by atoms with van der Waals surface area (Å²) in [6.07, 6.45) is 0. The van der Waals surface area contributed by atoms with Gasteiger partial charge >= 0.3 is 0 Å². The summed E-state index contributed by atoms with van der Waals surface area (Å²) in [7, 11) is 0. The second-order valence-corrected chi connectivity index (χ2v) is 5.17. The molecule has 3 aromatic rings. The minimum Gasteiger partial charge on any atom is -0.228 e. The molecule has 0 spiro atoms. The molecule has 0 aliphatic heterocycles. The van der Waals surface area contributed by atoms with Crippen molar-refractivity contribution in [1.29, 1.82) is 0 Å². The molecule has 0 saturated heterocycles. The molecule has 0 amide bonds. The third-order valence-corrected chi connectivity index (χ3v) is 3.26. The zero-order valence-electron chi connectivity index (χ0n) is 11.3. The van der Waals surface area contributed by atoms with Crippen molar-refractivity contribution in [2.24, 2.45) is 0 Å². The number of aryl methyl sites for hydroxylation is 1. The Bertz CT molecular complexity index is 768. The van der Waals surface area contributed by atoms with Gasteiger partial charge in [0.1, 0.15) is 11.0 Å². The van der Waals surface area contributed by atoms with E-state index in [4.69, 9.17) is 11.6 Å². The number of halogens is 2. The van der Waals surface area contributed by atoms with Gasteiger partial charge in [-0.1, -0.05) is 41.9 Å². The topological polar surface area (TPSA) is 25.8 Å². The van der Waals surface area contributed by atoms with E-state index in [2.05, 4.69) is 9.97 Å². The predicted molar refractivity (Wildman–Crippen MR) is 82.6 cm³/mol. The fourth-order valence-electron chi connectivity index (χ4n) is 2.17. The van der Waals surface area contributed by atoms with Gasteiger partial charge in [-0.3, -0.25) is 0 Å². The minimum absolute atomic E-state index is 0.291. The number of hydrogen-bond acceptors (Lipinski definition) is 2. The first kappa shape index (κ1) is 13.7. The lowest BCUT2D eigenvalue weighted by molar-refractivity contribution is 0.627. The molecule has 0 radical (unpaired) electrons. The quantitative estimate of drug-likeness (QED) is 0.628. The molecule has 0 unspecified atom stereocenters. The molecule has 2 nitrogen and oxygen atoms in total. The standard InChI is InChI=1S/C17H12ClFN2/c1-11-7-13(9-14(19)8-11)15-10-16(18)21-17(20-15)12-5-3-2-4-6-12/h2-10H,1H3. The number of nitrogens with zero attached hydrogens (tertiary/aromatic N) is 2. The molecule has 0 aliphatic rings. The molecule has 2 aromatic carbocycles. The summed E-state index contributed by atoms with van der Waals surface area (Å²) in [5.41, 5.74) is 3.00. The first-order valence-electron chi connectivity index (χ1n) is 6.49. The van der Waals surface area contributed by atoms with Crippen LogP contribution in [-0.4, -0.2) is 9.97 Å². The molecule has 4 heteroatoms. The SMILES string of the molecule is Cc1cc(F)cc(-c2cc(Cl)nc(-c3ccccc3)n2)c1. The third kappa shape index (κ3) is 3.09. The van der Waals surface area contributed by atoms with Gasteiger partial charge in [0.25, 0.3) is 0 Å². The van der Waals surface area contributed by atoms with E-state index in [0.717, 1.165) is 11.1 Å². The zero-order chi connectivity index (χ0) is 14.8. The zero-order valence-corrected chi connectivity index (χ0v) is 12.1. The molecule has 0 aliphatic carbocycles. The first-order chi connectivity index (χ1) is 10.1. The van der Waals surface area contributed by atoms with E-state index in [1.807, 2.05) is 43.3 Å². The van der Waals surface area contributed by atoms with E-state index in [1.54, 1.807) is 6.07 Å². The van der Waals surface area contributed by atoms with Gasteiger partial charge in [0.15, 0.2) is 5.82 Å². The highest BCUT2D eigenvalue weighted by molar-refractivity contribution is 6.29. The molecule has 21 heavy (non-hydrogen) atoms. The molecule has 0 fully saturated rings. The Morgan fingerprint density at radius 1 is 0.905 bits per heavy atom. The van der Waals surface area contributed by atoms with Gasteiger partial charge in [0.2, 0.25) is 0 Å². The molecular formula is C17H12ClFN2. The summed E-state index contributed by atoms with van der Waals surface area (Å²) >= 11 is 6.08. The summed E-state index contributed by atoms with van der Waals surface area (Å²) in [6, 6.07) is 16.0. The smallest absolute Gasteiger partial charge is 0.161 e. The lowest BCUT2D eigenvalue weighted by atomic mass is 10.1. The van der Waals surface area contributed by atoms with Gasteiger partial charge in [0, 0.05) is 17.2 Å². The van der Waals surface area contributed by atoms with Gasteiger partial charge in [0.05, 0.1) is 5.69 Å². The van der Waals surface area contributed by atoms with Crippen molar-refractivity contribution in [1.82, 2.24) is 9.97 Å². The van der Waals surface area contributed by atoms with Crippen LogP contribution in [-0.2, 0) is 0 Å². The highest BCUT2D eigenvalue weighted by Crippen LogP contribution is 2.25. The van der Waals surface area contributed by atoms with Gasteiger partial charge in [-0.25, -0.2) is 14.4 Å². The molecule has 104 valence electrons. The molecule has 0 N–H and O–H groups in total. The van der Waals surface area contributed by atoms with Crippen molar-refractivity contribution in [3.63, 3.8) is 0 Å². The van der Waals surface area contributed by atoms with E-state index in [1.165, 1.54) is 12.1 Å². The van der Waals surface area contributed by atoms with Crippen LogP contribution in [0.2, 0.25) is 5.15 Å². The summed E-state index contributed by atoms with van der Waals surface area (Å²) in [6.45, 7) is 1.84. The summed E-state index contributed by atoms with van der Waals surface area (Å²) in [5, 5.41) is 0.334. The van der Waals surface area contributed by atoms with E-state index < -0.39 is 0 Å². The highest BCUT2D eigenvalue weighted by atomic mass is 35.5. The number of rotatable bonds is 2. The largest absolute Gasteiger partial charge is 0.228 e. The van der Waals surface area contributed by atoms with Crippen LogP contribution in [0.15, 0.2) is 54.6 Å². The average Bonchev–Trinajstić information content (AvgIpc) is 2.46. The average molecular weight is 299 g/mol. The summed E-state index contributed by atoms with van der Waals surface area (Å²) in [5.74, 6) is 0.237. The van der Waals surface area contributed by atoms with E-state index in [-0.39, 0.29) is 5.82 Å². The maximum absolute atomic E-state index is 13.6. The van der Waals surface area contributed by atoms with Gasteiger partial charge < -0.3 is 0 Å². The molecule has 0 bridgehead atoms. The Labute approximate surface area is 127 Å². The van der Waals surface area contributed by atoms with Gasteiger partial charge in [-0.05, 0) is 30.7 Å². The van der Waals surface area contributed by atoms with Gasteiger partial charge in [-0.15, -0.1) is 0 Å². The van der Waals surface area contributed by atoms with Crippen LogP contribution < -0.4 is 0 Å². The maximum atomic E-state index is 13.6. The molecular weight excluding hydrogens is 287 g/mol. The highest BCUT2D eigenvalue weighted by Gasteiger charge is 2.09. The Kier molecular flexibility index (Phi) is 3.67. The lowest BCUT2D eigenvalue weighted by Gasteiger charge is -2.07. The Morgan fingerprint density at radius 3 is 2.38 bits per heavy atom. The van der Waals surface area contributed by atoms with Crippen LogP contribution in [0, 0.1) is 12.7 Å². The Balaban J connectivity index is 2.14.